The average molecular weight is 381 g/mol. The molecular formula is C17H17ClN2O6. The second kappa shape index (κ2) is 9.59. The van der Waals surface area contributed by atoms with Crippen LogP contribution in [0.3, 0.4) is 0 Å². The molecule has 0 saturated carbocycles. The van der Waals surface area contributed by atoms with Gasteiger partial charge in [-0.15, -0.1) is 0 Å². The first kappa shape index (κ1) is 19.5. The summed E-state index contributed by atoms with van der Waals surface area (Å²) in [5.41, 5.74) is 0.122. The Bertz CT molecular complexity index is 766. The van der Waals surface area contributed by atoms with Gasteiger partial charge in [-0.3, -0.25) is 10.1 Å². The number of aliphatic hydroxyl groups excluding tert-OH is 1. The van der Waals surface area contributed by atoms with E-state index in [2.05, 4.69) is 5.32 Å². The monoisotopic (exact) mass is 380 g/mol. The lowest BCUT2D eigenvalue weighted by atomic mass is 10.1. The number of anilines is 1. The number of carbonyl (C=O) groups excluding carboxylic acids is 1. The van der Waals surface area contributed by atoms with Crippen molar-refractivity contribution in [1.82, 2.24) is 0 Å². The van der Waals surface area contributed by atoms with Gasteiger partial charge in [0, 0.05) is 29.4 Å². The number of non-ortho nitro benzene ring substituents is 1. The fourth-order valence-corrected chi connectivity index (χ4v) is 2.19. The van der Waals surface area contributed by atoms with Crippen LogP contribution in [0.4, 0.5) is 11.4 Å². The summed E-state index contributed by atoms with van der Waals surface area (Å²) < 4.78 is 10.5. The van der Waals surface area contributed by atoms with Crippen LogP contribution in [0.15, 0.2) is 42.5 Å². The molecule has 0 aliphatic rings. The molecule has 0 unspecified atom stereocenters. The minimum Gasteiger partial charge on any atom is -0.490 e. The average Bonchev–Trinajstić information content (AvgIpc) is 2.64. The number of hydrogen-bond acceptors (Lipinski definition) is 7. The molecule has 138 valence electrons. The van der Waals surface area contributed by atoms with Gasteiger partial charge in [0.1, 0.15) is 19.0 Å². The van der Waals surface area contributed by atoms with Crippen LogP contribution in [0.25, 0.3) is 0 Å². The van der Waals surface area contributed by atoms with Gasteiger partial charge >= 0.3 is 5.97 Å². The Balaban J connectivity index is 1.96. The molecule has 0 saturated heterocycles. The molecule has 2 N–H and O–H groups in total. The first-order chi connectivity index (χ1) is 12.5. The lowest BCUT2D eigenvalue weighted by Crippen LogP contribution is -2.15. The van der Waals surface area contributed by atoms with Gasteiger partial charge in [-0.05, 0) is 30.3 Å². The minimum atomic E-state index is -0.728. The number of esters is 1. The van der Waals surface area contributed by atoms with Crippen LogP contribution in [0, 0.1) is 10.1 Å². The zero-order valence-electron chi connectivity index (χ0n) is 13.7. The first-order valence-electron chi connectivity index (χ1n) is 7.70. The predicted octanol–water partition coefficient (Wildman–Crippen LogP) is 2.89. The summed E-state index contributed by atoms with van der Waals surface area (Å²) in [5, 5.41) is 23.2. The van der Waals surface area contributed by atoms with Crippen LogP contribution in [0.1, 0.15) is 10.4 Å². The van der Waals surface area contributed by atoms with Gasteiger partial charge in [-0.2, -0.15) is 0 Å². The summed E-state index contributed by atoms with van der Waals surface area (Å²) in [7, 11) is 0. The second-order valence-corrected chi connectivity index (χ2v) is 5.51. The normalized spacial score (nSPS) is 10.2. The van der Waals surface area contributed by atoms with Crippen LogP contribution in [-0.2, 0) is 4.74 Å². The molecule has 0 bridgehead atoms. The molecule has 9 heteroatoms. The number of aliphatic hydroxyl groups is 1. The number of halogens is 1. The van der Waals surface area contributed by atoms with Gasteiger partial charge in [0.05, 0.1) is 17.1 Å². The summed E-state index contributed by atoms with van der Waals surface area (Å²) in [6.07, 6.45) is 0. The Morgan fingerprint density at radius 1 is 1.19 bits per heavy atom. The van der Waals surface area contributed by atoms with E-state index in [0.29, 0.717) is 16.5 Å². The smallest absolute Gasteiger partial charge is 0.340 e. The highest BCUT2D eigenvalue weighted by Crippen LogP contribution is 2.23. The Hall–Kier alpha value is -2.84. The van der Waals surface area contributed by atoms with E-state index in [4.69, 9.17) is 26.2 Å². The summed E-state index contributed by atoms with van der Waals surface area (Å²) in [4.78, 5) is 22.5. The number of nitrogens with zero attached hydrogens (tertiary/aromatic N) is 1. The molecular weight excluding hydrogens is 364 g/mol. The van der Waals surface area contributed by atoms with E-state index in [1.807, 2.05) is 0 Å². The number of nitro benzene ring substituents is 1. The second-order valence-electron chi connectivity index (χ2n) is 5.08. The van der Waals surface area contributed by atoms with Gasteiger partial charge in [-0.1, -0.05) is 11.6 Å². The lowest BCUT2D eigenvalue weighted by Gasteiger charge is -2.11. The zero-order chi connectivity index (χ0) is 18.9. The molecule has 2 rings (SSSR count). The van der Waals surface area contributed by atoms with Crippen molar-refractivity contribution in [2.24, 2.45) is 0 Å². The highest BCUT2D eigenvalue weighted by atomic mass is 35.5. The predicted molar refractivity (Wildman–Crippen MR) is 95.9 cm³/mol. The summed E-state index contributed by atoms with van der Waals surface area (Å²) in [5.74, 6) is -0.153. The largest absolute Gasteiger partial charge is 0.490 e. The lowest BCUT2D eigenvalue weighted by molar-refractivity contribution is -0.384. The third-order valence-corrected chi connectivity index (χ3v) is 3.51. The molecule has 0 amide bonds. The number of rotatable bonds is 9. The first-order valence-corrected chi connectivity index (χ1v) is 8.07. The number of hydrogen-bond donors (Lipinski definition) is 2. The third kappa shape index (κ3) is 5.61. The summed E-state index contributed by atoms with van der Waals surface area (Å²) in [6.45, 7) is 0.115. The van der Waals surface area contributed by atoms with Gasteiger partial charge < -0.3 is 19.9 Å². The van der Waals surface area contributed by atoms with E-state index in [0.717, 1.165) is 6.07 Å². The molecule has 2 aromatic carbocycles. The Labute approximate surface area is 154 Å². The standard InChI is InChI=1S/C17H17ClN2O6/c18-12-1-4-14(5-2-12)25-9-10-26-17(22)15-11-13(20(23)24)3-6-16(15)19-7-8-21/h1-6,11,19,21H,7-10H2. The molecule has 8 nitrogen and oxygen atoms in total. The number of ether oxygens (including phenoxy) is 2. The van der Waals surface area contributed by atoms with Gasteiger partial charge in [0.15, 0.2) is 0 Å². The van der Waals surface area contributed by atoms with Gasteiger partial charge in [0.2, 0.25) is 0 Å². The van der Waals surface area contributed by atoms with Crippen molar-refractivity contribution in [3.05, 3.63) is 63.2 Å². The van der Waals surface area contributed by atoms with Crippen LogP contribution in [-0.4, -0.2) is 42.4 Å². The molecule has 2 aromatic rings. The molecule has 0 aliphatic carbocycles. The number of nitrogens with one attached hydrogen (secondary N) is 1. The summed E-state index contributed by atoms with van der Waals surface area (Å²) >= 11 is 5.77. The van der Waals surface area contributed by atoms with Crippen molar-refractivity contribution < 1.29 is 24.3 Å². The Morgan fingerprint density at radius 3 is 2.58 bits per heavy atom. The van der Waals surface area contributed by atoms with Crippen molar-refractivity contribution >= 4 is 28.9 Å². The van der Waals surface area contributed by atoms with Crippen molar-refractivity contribution in [3.63, 3.8) is 0 Å². The molecule has 0 fully saturated rings. The van der Waals surface area contributed by atoms with E-state index >= 15 is 0 Å². The summed E-state index contributed by atoms with van der Waals surface area (Å²) in [6, 6.07) is 10.5. The van der Waals surface area contributed by atoms with E-state index in [-0.39, 0.29) is 37.6 Å². The maximum atomic E-state index is 12.2. The Kier molecular flexibility index (Phi) is 7.19. The van der Waals surface area contributed by atoms with Crippen molar-refractivity contribution in [2.75, 3.05) is 31.7 Å². The maximum absolute atomic E-state index is 12.2. The number of benzene rings is 2. The van der Waals surface area contributed by atoms with Crippen molar-refractivity contribution in [1.29, 1.82) is 0 Å². The van der Waals surface area contributed by atoms with Crippen LogP contribution in [0.5, 0.6) is 5.75 Å². The molecule has 0 aliphatic heterocycles. The van der Waals surface area contributed by atoms with Crippen molar-refractivity contribution in [2.45, 2.75) is 0 Å². The SMILES string of the molecule is O=C(OCCOc1ccc(Cl)cc1)c1cc([N+](=O)[O-])ccc1NCCO. The fraction of sp³-hybridized carbons (Fsp3) is 0.235. The Morgan fingerprint density at radius 2 is 1.92 bits per heavy atom. The van der Waals surface area contributed by atoms with Crippen LogP contribution < -0.4 is 10.1 Å². The molecule has 0 spiro atoms. The fourth-order valence-electron chi connectivity index (χ4n) is 2.06. The quantitative estimate of drug-likeness (QED) is 0.298. The highest BCUT2D eigenvalue weighted by Gasteiger charge is 2.18. The van der Waals surface area contributed by atoms with Crippen LogP contribution in [0.2, 0.25) is 5.02 Å². The minimum absolute atomic E-state index is 0.0131. The van der Waals surface area contributed by atoms with Gasteiger partial charge in [-0.25, -0.2) is 4.79 Å². The number of nitro groups is 1. The molecule has 0 atom stereocenters. The van der Waals surface area contributed by atoms with E-state index in [1.165, 1.54) is 12.1 Å². The van der Waals surface area contributed by atoms with E-state index in [1.54, 1.807) is 24.3 Å². The molecule has 26 heavy (non-hydrogen) atoms. The maximum Gasteiger partial charge on any atom is 0.340 e. The third-order valence-electron chi connectivity index (χ3n) is 3.26. The molecule has 0 radical (unpaired) electrons. The van der Waals surface area contributed by atoms with Crippen molar-refractivity contribution in [3.8, 4) is 5.75 Å². The topological polar surface area (TPSA) is 111 Å². The highest BCUT2D eigenvalue weighted by molar-refractivity contribution is 6.30. The van der Waals surface area contributed by atoms with E-state index < -0.39 is 10.9 Å². The van der Waals surface area contributed by atoms with Crippen LogP contribution >= 0.6 is 11.6 Å². The molecule has 0 aromatic heterocycles. The number of carbonyl (C=O) groups is 1. The zero-order valence-corrected chi connectivity index (χ0v) is 14.4. The van der Waals surface area contributed by atoms with E-state index in [9.17, 15) is 14.9 Å². The molecule has 0 heterocycles. The van der Waals surface area contributed by atoms with Gasteiger partial charge in [0.25, 0.3) is 5.69 Å².